The van der Waals surface area contributed by atoms with Crippen molar-refractivity contribution in [1.29, 1.82) is 5.26 Å². The van der Waals surface area contributed by atoms with E-state index in [0.29, 0.717) is 17.7 Å². The lowest BCUT2D eigenvalue weighted by atomic mass is 9.58. The van der Waals surface area contributed by atoms with Crippen molar-refractivity contribution in [2.75, 3.05) is 0 Å². The maximum atomic E-state index is 9.81. The van der Waals surface area contributed by atoms with Gasteiger partial charge >= 0.3 is 0 Å². The van der Waals surface area contributed by atoms with Gasteiger partial charge in [0.25, 0.3) is 0 Å². The molecule has 0 radical (unpaired) electrons. The van der Waals surface area contributed by atoms with E-state index in [9.17, 15) is 5.26 Å². The molecule has 0 spiro atoms. The molecular weight excluding hydrogens is 428 g/mol. The maximum Gasteiger partial charge on any atom is 0.0975 e. The van der Waals surface area contributed by atoms with Crippen molar-refractivity contribution < 1.29 is 0 Å². The Morgan fingerprint density at radius 3 is 1.83 bits per heavy atom. The molecule has 1 aliphatic rings. The minimum atomic E-state index is -0.472. The second-order valence-corrected chi connectivity index (χ2v) is 8.49. The van der Waals surface area contributed by atoms with Crippen LogP contribution in [0.4, 0.5) is 0 Å². The van der Waals surface area contributed by atoms with Crippen molar-refractivity contribution in [3.05, 3.63) is 79.9 Å². The Bertz CT molecular complexity index is 847. The molecule has 2 atom stereocenters. The second kappa shape index (κ2) is 6.06. The van der Waals surface area contributed by atoms with Gasteiger partial charge in [0.2, 0.25) is 0 Å². The van der Waals surface area contributed by atoms with Gasteiger partial charge in [-0.05, 0) is 48.7 Å². The molecule has 0 aromatic heterocycles. The third kappa shape index (κ3) is 2.42. The summed E-state index contributed by atoms with van der Waals surface area (Å²) in [5, 5.41) is 9.81. The van der Waals surface area contributed by atoms with Crippen LogP contribution in [0.3, 0.4) is 0 Å². The molecule has 0 heterocycles. The van der Waals surface area contributed by atoms with Crippen LogP contribution in [0.25, 0.3) is 0 Å². The molecule has 24 heavy (non-hydrogen) atoms. The lowest BCUT2D eigenvalue weighted by molar-refractivity contribution is 0.328. The van der Waals surface area contributed by atoms with Crippen molar-refractivity contribution >= 4 is 31.9 Å². The van der Waals surface area contributed by atoms with Crippen molar-refractivity contribution in [2.24, 2.45) is 5.73 Å². The van der Waals surface area contributed by atoms with Crippen molar-refractivity contribution in [3.8, 4) is 6.07 Å². The molecule has 1 aliphatic carbocycles. The minimum absolute atomic E-state index is 0.281. The summed E-state index contributed by atoms with van der Waals surface area (Å²) >= 11 is 6.99. The van der Waals surface area contributed by atoms with E-state index in [2.05, 4.69) is 76.0 Å². The molecule has 0 saturated heterocycles. The summed E-state index contributed by atoms with van der Waals surface area (Å²) in [4.78, 5) is 0. The van der Waals surface area contributed by atoms with Gasteiger partial charge in [-0.3, -0.25) is 0 Å². The summed E-state index contributed by atoms with van der Waals surface area (Å²) in [7, 11) is 0. The second-order valence-electron chi connectivity index (χ2n) is 6.66. The Hall–Kier alpha value is -1.57. The Morgan fingerprint density at radius 2 is 1.38 bits per heavy atom. The monoisotopic (exact) mass is 444 g/mol. The predicted molar refractivity (Wildman–Crippen MR) is 104 cm³/mol. The molecule has 0 fully saturated rings. The molecule has 2 aromatic rings. The van der Waals surface area contributed by atoms with Gasteiger partial charge in [0.05, 0.1) is 11.6 Å². The SMILES string of the molecule is C[C@@]1(c2ccc(Br)cc2)CC(N)=C(C#N)[C@@]1(C)c1ccc(Br)cc1. The standard InChI is InChI=1S/C20H18Br2N2/c1-19(13-3-7-15(21)8-4-13)11-18(24)17(12-23)20(19,2)14-5-9-16(22)10-6-14/h3-10H,11,24H2,1-2H3/t19-,20+/m0/s1. The largest absolute Gasteiger partial charge is 0.401 e. The first-order valence-corrected chi connectivity index (χ1v) is 9.33. The molecule has 0 saturated carbocycles. The lowest BCUT2D eigenvalue weighted by Gasteiger charge is -2.43. The fourth-order valence-electron chi connectivity index (χ4n) is 3.88. The molecular formula is C20H18Br2N2. The van der Waals surface area contributed by atoms with Crippen LogP contribution in [0.5, 0.6) is 0 Å². The molecule has 0 amide bonds. The summed E-state index contributed by atoms with van der Waals surface area (Å²) in [5.74, 6) is 0. The molecule has 0 bridgehead atoms. The van der Waals surface area contributed by atoms with E-state index in [1.54, 1.807) is 0 Å². The van der Waals surface area contributed by atoms with Crippen molar-refractivity contribution in [1.82, 2.24) is 0 Å². The summed E-state index contributed by atoms with van der Waals surface area (Å²) in [6.07, 6.45) is 0.671. The number of halogens is 2. The topological polar surface area (TPSA) is 49.8 Å². The highest BCUT2D eigenvalue weighted by Gasteiger charge is 2.55. The molecule has 2 nitrogen and oxygen atoms in total. The number of nitrogens with two attached hydrogens (primary N) is 1. The van der Waals surface area contributed by atoms with Gasteiger partial charge in [-0.25, -0.2) is 0 Å². The van der Waals surface area contributed by atoms with Crippen LogP contribution in [0, 0.1) is 11.3 Å². The van der Waals surface area contributed by atoms with Gasteiger partial charge in [0.1, 0.15) is 0 Å². The van der Waals surface area contributed by atoms with Crippen LogP contribution in [-0.4, -0.2) is 0 Å². The van der Waals surface area contributed by atoms with Gasteiger partial charge in [0.15, 0.2) is 0 Å². The first-order valence-electron chi connectivity index (χ1n) is 7.74. The van der Waals surface area contributed by atoms with Crippen LogP contribution in [-0.2, 0) is 10.8 Å². The molecule has 3 rings (SSSR count). The summed E-state index contributed by atoms with van der Waals surface area (Å²) in [6, 6.07) is 18.9. The summed E-state index contributed by atoms with van der Waals surface area (Å²) in [6.45, 7) is 4.34. The number of nitrogens with zero attached hydrogens (tertiary/aromatic N) is 1. The van der Waals surface area contributed by atoms with Crippen LogP contribution in [0.2, 0.25) is 0 Å². The van der Waals surface area contributed by atoms with Gasteiger partial charge in [-0.1, -0.05) is 63.0 Å². The molecule has 0 aliphatic heterocycles. The van der Waals surface area contributed by atoms with E-state index in [-0.39, 0.29) is 5.41 Å². The Labute approximate surface area is 159 Å². The maximum absolute atomic E-state index is 9.81. The summed E-state index contributed by atoms with van der Waals surface area (Å²) in [5.41, 5.74) is 9.21. The van der Waals surface area contributed by atoms with E-state index in [0.717, 1.165) is 14.5 Å². The predicted octanol–water partition coefficient (Wildman–Crippen LogP) is 5.57. The average molecular weight is 446 g/mol. The number of rotatable bonds is 2. The lowest BCUT2D eigenvalue weighted by Crippen LogP contribution is -2.42. The van der Waals surface area contributed by atoms with Crippen LogP contribution < -0.4 is 5.73 Å². The minimum Gasteiger partial charge on any atom is -0.401 e. The van der Waals surface area contributed by atoms with Crippen molar-refractivity contribution in [3.63, 3.8) is 0 Å². The van der Waals surface area contributed by atoms with Crippen molar-refractivity contribution in [2.45, 2.75) is 31.1 Å². The van der Waals surface area contributed by atoms with Gasteiger partial charge in [-0.15, -0.1) is 0 Å². The first kappa shape index (κ1) is 17.3. The van der Waals surface area contributed by atoms with Gasteiger partial charge in [-0.2, -0.15) is 5.26 Å². The zero-order valence-electron chi connectivity index (χ0n) is 13.6. The summed E-state index contributed by atoms with van der Waals surface area (Å²) < 4.78 is 2.06. The van der Waals surface area contributed by atoms with E-state index in [1.807, 2.05) is 24.3 Å². The van der Waals surface area contributed by atoms with Gasteiger partial charge < -0.3 is 5.73 Å². The molecule has 122 valence electrons. The van der Waals surface area contributed by atoms with E-state index in [4.69, 9.17) is 5.73 Å². The fourth-order valence-corrected chi connectivity index (χ4v) is 4.41. The Morgan fingerprint density at radius 1 is 0.917 bits per heavy atom. The smallest absolute Gasteiger partial charge is 0.0975 e. The van der Waals surface area contributed by atoms with E-state index >= 15 is 0 Å². The quantitative estimate of drug-likeness (QED) is 0.656. The molecule has 2 N–H and O–H groups in total. The number of nitriles is 1. The number of hydrogen-bond acceptors (Lipinski definition) is 2. The highest BCUT2D eigenvalue weighted by molar-refractivity contribution is 9.10. The van der Waals surface area contributed by atoms with E-state index < -0.39 is 5.41 Å². The first-order chi connectivity index (χ1) is 11.3. The normalized spacial score (nSPS) is 26.5. The number of allylic oxidation sites excluding steroid dienone is 2. The highest BCUT2D eigenvalue weighted by Crippen LogP contribution is 2.57. The Kier molecular flexibility index (Phi) is 4.36. The highest BCUT2D eigenvalue weighted by atomic mass is 79.9. The third-order valence-corrected chi connectivity index (χ3v) is 6.54. The fraction of sp³-hybridized carbons (Fsp3) is 0.250. The number of hydrogen-bond donors (Lipinski definition) is 1. The molecule has 4 heteroatoms. The zero-order valence-corrected chi connectivity index (χ0v) is 16.8. The Balaban J connectivity index is 2.25. The molecule has 0 unspecified atom stereocenters. The van der Waals surface area contributed by atoms with Gasteiger partial charge in [0, 0.05) is 25.5 Å². The molecule has 2 aromatic carbocycles. The van der Waals surface area contributed by atoms with E-state index in [1.165, 1.54) is 5.56 Å². The van der Waals surface area contributed by atoms with Crippen LogP contribution in [0.1, 0.15) is 31.4 Å². The van der Waals surface area contributed by atoms with Crippen LogP contribution in [0.15, 0.2) is 68.7 Å². The third-order valence-electron chi connectivity index (χ3n) is 5.48. The van der Waals surface area contributed by atoms with Crippen LogP contribution >= 0.6 is 31.9 Å². The zero-order chi connectivity index (χ0) is 17.5. The average Bonchev–Trinajstić information content (AvgIpc) is 2.76. The number of benzene rings is 2.